The third-order valence-corrected chi connectivity index (χ3v) is 4.51. The summed E-state index contributed by atoms with van der Waals surface area (Å²) >= 11 is 1.32. The molecule has 1 aromatic rings. The van der Waals surface area contributed by atoms with Gasteiger partial charge in [-0.05, 0) is 29.9 Å². The van der Waals surface area contributed by atoms with Crippen molar-refractivity contribution in [1.82, 2.24) is 4.98 Å². The van der Waals surface area contributed by atoms with Crippen molar-refractivity contribution in [3.8, 4) is 0 Å². The predicted molar refractivity (Wildman–Crippen MR) is 72.9 cm³/mol. The summed E-state index contributed by atoms with van der Waals surface area (Å²) in [5.41, 5.74) is 2.85. The van der Waals surface area contributed by atoms with Gasteiger partial charge in [0, 0.05) is 11.8 Å². The summed E-state index contributed by atoms with van der Waals surface area (Å²) in [5, 5.41) is 0.0781. The predicted octanol–water partition coefficient (Wildman–Crippen LogP) is 2.69. The van der Waals surface area contributed by atoms with E-state index in [1.807, 2.05) is 36.4 Å². The number of aromatic nitrogens is 1. The summed E-state index contributed by atoms with van der Waals surface area (Å²) in [6.07, 6.45) is 11.4. The van der Waals surface area contributed by atoms with Gasteiger partial charge in [0.15, 0.2) is 5.82 Å². The second kappa shape index (κ2) is 3.29. The van der Waals surface area contributed by atoms with Crippen LogP contribution in [0.15, 0.2) is 53.7 Å². The fourth-order valence-corrected chi connectivity index (χ4v) is 3.68. The van der Waals surface area contributed by atoms with E-state index in [0.29, 0.717) is 5.82 Å². The number of carbonyl (C=O) groups excluding carboxylic acids is 1. The molecule has 0 fully saturated rings. The second-order valence-electron chi connectivity index (χ2n) is 4.30. The molecule has 1 atom stereocenters. The number of hydrogen-bond donors (Lipinski definition) is 0. The van der Waals surface area contributed by atoms with Gasteiger partial charge < -0.3 is 0 Å². The van der Waals surface area contributed by atoms with E-state index in [0.717, 1.165) is 16.8 Å². The van der Waals surface area contributed by atoms with Crippen LogP contribution in [0, 0.1) is 0 Å². The molecule has 4 rings (SSSR count). The Kier molecular flexibility index (Phi) is 1.84. The molecule has 3 aliphatic rings. The molecule has 1 aliphatic carbocycles. The van der Waals surface area contributed by atoms with Crippen LogP contribution in [0.3, 0.4) is 0 Å². The fourth-order valence-electron chi connectivity index (χ4n) is 2.54. The maximum absolute atomic E-state index is 11.8. The quantitative estimate of drug-likeness (QED) is 0.713. The van der Waals surface area contributed by atoms with Gasteiger partial charge in [-0.1, -0.05) is 30.0 Å². The maximum Gasteiger partial charge on any atom is 0.214 e. The van der Waals surface area contributed by atoms with Crippen LogP contribution in [-0.2, 0) is 4.79 Å². The zero-order valence-corrected chi connectivity index (χ0v) is 10.1. The standard InChI is InChI=1S/C14H8N2OS/c17-12-8-10-9-4-3-7-15-13(9)16-11-5-1-2-6-14(10,11)18-12/h1-8H. The number of aliphatic imine (C=N–C) groups is 1. The fraction of sp³-hybridized carbons (Fsp3) is 0.0714. The Labute approximate surface area is 108 Å². The van der Waals surface area contributed by atoms with E-state index in [-0.39, 0.29) is 5.12 Å². The van der Waals surface area contributed by atoms with Crippen LogP contribution in [0.5, 0.6) is 0 Å². The number of hydrogen-bond acceptors (Lipinski definition) is 4. The van der Waals surface area contributed by atoms with Crippen molar-refractivity contribution < 1.29 is 4.79 Å². The first-order valence-electron chi connectivity index (χ1n) is 5.65. The van der Waals surface area contributed by atoms with E-state index in [9.17, 15) is 4.79 Å². The normalized spacial score (nSPS) is 27.2. The van der Waals surface area contributed by atoms with E-state index >= 15 is 0 Å². The van der Waals surface area contributed by atoms with Gasteiger partial charge >= 0.3 is 0 Å². The molecule has 1 spiro atoms. The van der Waals surface area contributed by atoms with E-state index in [1.54, 1.807) is 12.3 Å². The topological polar surface area (TPSA) is 42.3 Å². The minimum atomic E-state index is -0.429. The summed E-state index contributed by atoms with van der Waals surface area (Å²) in [6, 6.07) is 3.85. The number of allylic oxidation sites excluding steroid dienone is 3. The lowest BCUT2D eigenvalue weighted by Crippen LogP contribution is -2.35. The summed E-state index contributed by atoms with van der Waals surface area (Å²) in [5.74, 6) is 0.699. The number of fused-ring (bicyclic) bond motifs is 2. The minimum absolute atomic E-state index is 0.0781. The molecule has 0 N–H and O–H groups in total. The van der Waals surface area contributed by atoms with Gasteiger partial charge in [-0.15, -0.1) is 0 Å². The highest BCUT2D eigenvalue weighted by molar-refractivity contribution is 8.17. The van der Waals surface area contributed by atoms with Gasteiger partial charge in [0.25, 0.3) is 0 Å². The molecule has 0 aromatic carbocycles. The molecular weight excluding hydrogens is 244 g/mol. The number of pyridine rings is 1. The Morgan fingerprint density at radius 3 is 3.17 bits per heavy atom. The molecule has 2 aliphatic heterocycles. The molecule has 0 radical (unpaired) electrons. The largest absolute Gasteiger partial charge is 0.282 e. The maximum atomic E-state index is 11.8. The van der Waals surface area contributed by atoms with Crippen molar-refractivity contribution in [3.05, 3.63) is 54.3 Å². The summed E-state index contributed by atoms with van der Waals surface area (Å²) < 4.78 is -0.429. The lowest BCUT2D eigenvalue weighted by Gasteiger charge is -2.33. The van der Waals surface area contributed by atoms with Gasteiger partial charge in [-0.25, -0.2) is 9.98 Å². The Morgan fingerprint density at radius 1 is 1.28 bits per heavy atom. The van der Waals surface area contributed by atoms with Crippen LogP contribution in [-0.4, -0.2) is 20.6 Å². The van der Waals surface area contributed by atoms with Crippen LogP contribution in [0.1, 0.15) is 5.56 Å². The minimum Gasteiger partial charge on any atom is -0.282 e. The smallest absolute Gasteiger partial charge is 0.214 e. The van der Waals surface area contributed by atoms with Crippen molar-refractivity contribution in [3.63, 3.8) is 0 Å². The highest BCUT2D eigenvalue weighted by Crippen LogP contribution is 2.52. The summed E-state index contributed by atoms with van der Waals surface area (Å²) in [6.45, 7) is 0. The zero-order chi connectivity index (χ0) is 12.2. The Bertz CT molecular complexity index is 700. The van der Waals surface area contributed by atoms with Crippen LogP contribution < -0.4 is 0 Å². The third kappa shape index (κ3) is 1.13. The van der Waals surface area contributed by atoms with Crippen molar-refractivity contribution in [1.29, 1.82) is 0 Å². The van der Waals surface area contributed by atoms with Crippen LogP contribution >= 0.6 is 11.8 Å². The van der Waals surface area contributed by atoms with Gasteiger partial charge in [0.05, 0.1) is 5.71 Å². The molecule has 3 heterocycles. The lowest BCUT2D eigenvalue weighted by atomic mass is 9.83. The van der Waals surface area contributed by atoms with Gasteiger partial charge in [0.2, 0.25) is 5.12 Å². The number of carbonyl (C=O) groups is 1. The Balaban J connectivity index is 2.08. The lowest BCUT2D eigenvalue weighted by molar-refractivity contribution is -0.106. The van der Waals surface area contributed by atoms with Crippen molar-refractivity contribution in [2.45, 2.75) is 4.75 Å². The SMILES string of the molecule is O=C1C=C2c3cccnc3N=C3C=CC=CC23S1. The van der Waals surface area contributed by atoms with Gasteiger partial charge in [-0.3, -0.25) is 4.79 Å². The van der Waals surface area contributed by atoms with Crippen LogP contribution in [0.4, 0.5) is 5.82 Å². The summed E-state index contributed by atoms with van der Waals surface area (Å²) in [4.78, 5) is 20.7. The average molecular weight is 252 g/mol. The molecule has 1 aromatic heterocycles. The third-order valence-electron chi connectivity index (χ3n) is 3.30. The van der Waals surface area contributed by atoms with E-state index in [2.05, 4.69) is 9.98 Å². The molecular formula is C14H8N2OS. The molecule has 3 nitrogen and oxygen atoms in total. The molecule has 0 saturated heterocycles. The first kappa shape index (κ1) is 10.0. The number of rotatable bonds is 0. The molecule has 86 valence electrons. The van der Waals surface area contributed by atoms with E-state index in [1.165, 1.54) is 11.8 Å². The average Bonchev–Trinajstić information content (AvgIpc) is 2.72. The number of nitrogens with zero attached hydrogens (tertiary/aromatic N) is 2. The highest BCUT2D eigenvalue weighted by atomic mass is 32.2. The Hall–Kier alpha value is -1.94. The molecule has 0 amide bonds. The first-order chi connectivity index (χ1) is 8.79. The van der Waals surface area contributed by atoms with Gasteiger partial charge in [0.1, 0.15) is 4.75 Å². The van der Waals surface area contributed by atoms with Crippen molar-refractivity contribution in [2.24, 2.45) is 4.99 Å². The second-order valence-corrected chi connectivity index (χ2v) is 5.56. The van der Waals surface area contributed by atoms with E-state index in [4.69, 9.17) is 0 Å². The zero-order valence-electron chi connectivity index (χ0n) is 9.33. The summed E-state index contributed by atoms with van der Waals surface area (Å²) in [7, 11) is 0. The highest BCUT2D eigenvalue weighted by Gasteiger charge is 2.47. The molecule has 0 saturated carbocycles. The molecule has 18 heavy (non-hydrogen) atoms. The van der Waals surface area contributed by atoms with E-state index < -0.39 is 4.75 Å². The first-order valence-corrected chi connectivity index (χ1v) is 6.47. The monoisotopic (exact) mass is 252 g/mol. The van der Waals surface area contributed by atoms with Crippen LogP contribution in [0.2, 0.25) is 0 Å². The van der Waals surface area contributed by atoms with Crippen molar-refractivity contribution in [2.75, 3.05) is 0 Å². The molecule has 0 bridgehead atoms. The van der Waals surface area contributed by atoms with Gasteiger partial charge in [-0.2, -0.15) is 0 Å². The molecule has 1 unspecified atom stereocenters. The number of thioether (sulfide) groups is 1. The van der Waals surface area contributed by atoms with Crippen LogP contribution in [0.25, 0.3) is 5.57 Å². The van der Waals surface area contributed by atoms with Crippen molar-refractivity contribution >= 4 is 34.0 Å². The Morgan fingerprint density at radius 2 is 2.22 bits per heavy atom. The molecule has 4 heteroatoms.